The standard InChI is InChI=1S/C12H23N.C11H21NO4/c1-3-7-11(8-4-1)13-12-9-5-2-6-10-12;1-7(2)8(9(13)14)12(6)10(15)16-11(3,4)5/h11-13H,1-10H2;7-8H,1-6H3,(H,13,14)/t;8-/m.0/s1. The second-order valence-electron chi connectivity index (χ2n) is 9.95. The molecular formula is C23H44N2O4. The van der Waals surface area contributed by atoms with E-state index in [0.717, 1.165) is 17.0 Å². The third-order valence-electron chi connectivity index (χ3n) is 5.66. The number of ether oxygens (including phenoxy) is 1. The monoisotopic (exact) mass is 412 g/mol. The van der Waals surface area contributed by atoms with E-state index in [1.165, 1.54) is 71.3 Å². The van der Waals surface area contributed by atoms with Crippen LogP contribution < -0.4 is 5.32 Å². The van der Waals surface area contributed by atoms with Gasteiger partial charge in [-0.3, -0.25) is 4.90 Å². The number of aliphatic carboxylic acids is 1. The number of carbonyl (C=O) groups is 2. The number of likely N-dealkylation sites (N-methyl/N-ethyl adjacent to an activating group) is 1. The molecule has 170 valence electrons. The second kappa shape index (κ2) is 12.4. The zero-order valence-corrected chi connectivity index (χ0v) is 19.5. The number of nitrogens with zero attached hydrogens (tertiary/aromatic N) is 1. The van der Waals surface area contributed by atoms with E-state index in [2.05, 4.69) is 5.32 Å². The first kappa shape index (κ1) is 25.7. The summed E-state index contributed by atoms with van der Waals surface area (Å²) in [5.74, 6) is -1.20. The summed E-state index contributed by atoms with van der Waals surface area (Å²) in [7, 11) is 1.44. The van der Waals surface area contributed by atoms with Crippen molar-refractivity contribution < 1.29 is 19.4 Å². The molecule has 0 spiro atoms. The van der Waals surface area contributed by atoms with Crippen LogP contribution in [0.5, 0.6) is 0 Å². The van der Waals surface area contributed by atoms with Crippen LogP contribution in [0.1, 0.15) is 98.8 Å². The third kappa shape index (κ3) is 10.3. The molecule has 0 heterocycles. The molecule has 2 aliphatic carbocycles. The first-order valence-corrected chi connectivity index (χ1v) is 11.5. The Hall–Kier alpha value is -1.30. The average molecular weight is 413 g/mol. The molecule has 0 bridgehead atoms. The van der Waals surface area contributed by atoms with Crippen LogP contribution in [-0.4, -0.2) is 52.8 Å². The van der Waals surface area contributed by atoms with Gasteiger partial charge in [-0.2, -0.15) is 0 Å². The van der Waals surface area contributed by atoms with Crippen LogP contribution in [0.2, 0.25) is 0 Å². The van der Waals surface area contributed by atoms with E-state index in [0.29, 0.717) is 0 Å². The van der Waals surface area contributed by atoms with Gasteiger partial charge in [-0.15, -0.1) is 0 Å². The summed E-state index contributed by atoms with van der Waals surface area (Å²) in [6.45, 7) is 8.72. The molecule has 0 aromatic rings. The molecule has 29 heavy (non-hydrogen) atoms. The predicted molar refractivity (Wildman–Crippen MR) is 117 cm³/mol. The van der Waals surface area contributed by atoms with Gasteiger partial charge >= 0.3 is 12.1 Å². The summed E-state index contributed by atoms with van der Waals surface area (Å²) in [5.41, 5.74) is -0.620. The molecule has 0 unspecified atom stereocenters. The van der Waals surface area contributed by atoms with Crippen LogP contribution in [0, 0.1) is 5.92 Å². The molecule has 0 radical (unpaired) electrons. The molecular weight excluding hydrogens is 368 g/mol. The van der Waals surface area contributed by atoms with E-state index in [-0.39, 0.29) is 5.92 Å². The van der Waals surface area contributed by atoms with Crippen LogP contribution in [-0.2, 0) is 9.53 Å². The van der Waals surface area contributed by atoms with E-state index in [4.69, 9.17) is 9.84 Å². The van der Waals surface area contributed by atoms with Crippen LogP contribution in [0.4, 0.5) is 4.79 Å². The highest BCUT2D eigenvalue weighted by molar-refractivity contribution is 5.80. The van der Waals surface area contributed by atoms with E-state index >= 15 is 0 Å². The number of carboxylic acids is 1. The maximum Gasteiger partial charge on any atom is 0.410 e. The molecule has 0 aliphatic heterocycles. The van der Waals surface area contributed by atoms with Gasteiger partial charge in [-0.25, -0.2) is 9.59 Å². The zero-order valence-electron chi connectivity index (χ0n) is 19.5. The smallest absolute Gasteiger partial charge is 0.410 e. The van der Waals surface area contributed by atoms with Gasteiger partial charge in [0.15, 0.2) is 0 Å². The van der Waals surface area contributed by atoms with E-state index in [1.807, 2.05) is 0 Å². The summed E-state index contributed by atoms with van der Waals surface area (Å²) < 4.78 is 5.10. The highest BCUT2D eigenvalue weighted by atomic mass is 16.6. The summed E-state index contributed by atoms with van der Waals surface area (Å²) in [4.78, 5) is 23.8. The molecule has 0 aromatic carbocycles. The molecule has 2 fully saturated rings. The van der Waals surface area contributed by atoms with Crippen molar-refractivity contribution in [2.45, 2.75) is 123 Å². The molecule has 1 amide bonds. The lowest BCUT2D eigenvalue weighted by molar-refractivity contribution is -0.144. The van der Waals surface area contributed by atoms with Gasteiger partial charge < -0.3 is 15.2 Å². The Balaban J connectivity index is 0.000000294. The lowest BCUT2D eigenvalue weighted by atomic mass is 9.91. The topological polar surface area (TPSA) is 78.9 Å². The van der Waals surface area contributed by atoms with Crippen LogP contribution in [0.25, 0.3) is 0 Å². The number of carboxylic acid groups (broad SMARTS) is 1. The van der Waals surface area contributed by atoms with Gasteiger partial charge in [0.25, 0.3) is 0 Å². The summed E-state index contributed by atoms with van der Waals surface area (Å²) in [6.07, 6.45) is 13.9. The molecule has 6 nitrogen and oxygen atoms in total. The first-order valence-electron chi connectivity index (χ1n) is 11.5. The Bertz CT molecular complexity index is 474. The van der Waals surface area contributed by atoms with Crippen LogP contribution >= 0.6 is 0 Å². The maximum atomic E-state index is 11.6. The number of carbonyl (C=O) groups excluding carboxylic acids is 1. The largest absolute Gasteiger partial charge is 0.480 e. The minimum absolute atomic E-state index is 0.171. The predicted octanol–water partition coefficient (Wildman–Crippen LogP) is 5.20. The summed E-state index contributed by atoms with van der Waals surface area (Å²) >= 11 is 0. The molecule has 2 rings (SSSR count). The van der Waals surface area contributed by atoms with Crippen molar-refractivity contribution in [1.82, 2.24) is 10.2 Å². The second-order valence-corrected chi connectivity index (χ2v) is 9.95. The average Bonchev–Trinajstić information content (AvgIpc) is 2.62. The number of hydrogen-bond donors (Lipinski definition) is 2. The van der Waals surface area contributed by atoms with Crippen molar-refractivity contribution >= 4 is 12.1 Å². The van der Waals surface area contributed by atoms with Crippen molar-refractivity contribution in [3.63, 3.8) is 0 Å². The normalized spacial score (nSPS) is 19.8. The van der Waals surface area contributed by atoms with Crippen molar-refractivity contribution in [3.05, 3.63) is 0 Å². The first-order chi connectivity index (χ1) is 13.5. The maximum absolute atomic E-state index is 11.6. The number of hydrogen-bond acceptors (Lipinski definition) is 4. The Morgan fingerprint density at radius 1 is 0.931 bits per heavy atom. The zero-order chi connectivity index (χ0) is 22.0. The van der Waals surface area contributed by atoms with E-state index in [1.54, 1.807) is 34.6 Å². The van der Waals surface area contributed by atoms with Gasteiger partial charge in [0.05, 0.1) is 0 Å². The molecule has 2 N–H and O–H groups in total. The fraction of sp³-hybridized carbons (Fsp3) is 0.913. The van der Waals surface area contributed by atoms with Crippen LogP contribution in [0.15, 0.2) is 0 Å². The number of nitrogens with one attached hydrogen (secondary N) is 1. The van der Waals surface area contributed by atoms with Gasteiger partial charge in [0, 0.05) is 19.1 Å². The summed E-state index contributed by atoms with van der Waals surface area (Å²) in [6, 6.07) is 0.878. The fourth-order valence-corrected chi connectivity index (χ4v) is 4.22. The van der Waals surface area contributed by atoms with Crippen LogP contribution in [0.3, 0.4) is 0 Å². The molecule has 2 saturated carbocycles. The quantitative estimate of drug-likeness (QED) is 0.648. The van der Waals surface area contributed by atoms with Crippen molar-refractivity contribution in [3.8, 4) is 0 Å². The highest BCUT2D eigenvalue weighted by Crippen LogP contribution is 2.22. The lowest BCUT2D eigenvalue weighted by Gasteiger charge is -2.30. The Kier molecular flexibility index (Phi) is 11.0. The van der Waals surface area contributed by atoms with Gasteiger partial charge in [-0.1, -0.05) is 52.4 Å². The third-order valence-corrected chi connectivity index (χ3v) is 5.66. The van der Waals surface area contributed by atoms with Gasteiger partial charge in [0.2, 0.25) is 0 Å². The molecule has 2 aliphatic rings. The number of rotatable bonds is 5. The Labute approximate surface area is 177 Å². The van der Waals surface area contributed by atoms with Crippen molar-refractivity contribution in [2.24, 2.45) is 5.92 Å². The SMILES string of the molecule is C1CCC(NC2CCCCC2)CC1.CC(C)[C@@H](C(=O)O)N(C)C(=O)OC(C)(C)C. The van der Waals surface area contributed by atoms with Gasteiger partial charge in [0.1, 0.15) is 11.6 Å². The summed E-state index contributed by atoms with van der Waals surface area (Å²) in [5, 5.41) is 12.9. The van der Waals surface area contributed by atoms with Crippen molar-refractivity contribution in [1.29, 1.82) is 0 Å². The molecule has 0 saturated heterocycles. The Morgan fingerprint density at radius 3 is 1.66 bits per heavy atom. The lowest BCUT2D eigenvalue weighted by Crippen LogP contribution is -2.47. The Morgan fingerprint density at radius 2 is 1.34 bits per heavy atom. The minimum atomic E-state index is -1.02. The van der Waals surface area contributed by atoms with E-state index < -0.39 is 23.7 Å². The van der Waals surface area contributed by atoms with Crippen molar-refractivity contribution in [2.75, 3.05) is 7.05 Å². The van der Waals surface area contributed by atoms with Gasteiger partial charge in [-0.05, 0) is 52.4 Å². The molecule has 0 aromatic heterocycles. The fourth-order valence-electron chi connectivity index (χ4n) is 4.22. The number of amides is 1. The minimum Gasteiger partial charge on any atom is -0.480 e. The highest BCUT2D eigenvalue weighted by Gasteiger charge is 2.32. The van der Waals surface area contributed by atoms with E-state index in [9.17, 15) is 9.59 Å². The molecule has 1 atom stereocenters. The molecule has 6 heteroatoms.